The van der Waals surface area contributed by atoms with Gasteiger partial charge in [0, 0.05) is 19.4 Å². The number of alkyl halides is 3. The number of carbonyl (C=O) groups excluding carboxylic acids is 1. The van der Waals surface area contributed by atoms with Crippen molar-refractivity contribution in [3.63, 3.8) is 0 Å². The zero-order valence-corrected chi connectivity index (χ0v) is 11.0. The maximum Gasteiger partial charge on any atom is 0.573 e. The highest BCUT2D eigenvalue weighted by atomic mass is 19.4. The molecule has 0 bridgehead atoms. The van der Waals surface area contributed by atoms with Gasteiger partial charge in [0.1, 0.15) is 5.75 Å². The molecule has 1 aromatic heterocycles. The van der Waals surface area contributed by atoms with Gasteiger partial charge in [-0.1, -0.05) is 17.3 Å². The summed E-state index contributed by atoms with van der Waals surface area (Å²) < 4.78 is 50.3. The Morgan fingerprint density at radius 2 is 2.05 bits per heavy atom. The van der Waals surface area contributed by atoms with E-state index in [4.69, 9.17) is 9.26 Å². The van der Waals surface area contributed by atoms with Gasteiger partial charge >= 0.3 is 12.3 Å². The number of nitrogens with zero attached hydrogens (tertiary/aromatic N) is 1. The van der Waals surface area contributed by atoms with Crippen LogP contribution in [0.25, 0.3) is 11.3 Å². The number of hydrogen-bond acceptors (Lipinski definition) is 5. The molecule has 0 radical (unpaired) electrons. The van der Waals surface area contributed by atoms with Crippen molar-refractivity contribution in [2.75, 3.05) is 0 Å². The highest BCUT2D eigenvalue weighted by Gasteiger charge is 2.31. The Morgan fingerprint density at radius 3 is 2.67 bits per heavy atom. The molecule has 21 heavy (non-hydrogen) atoms. The molecule has 0 N–H and O–H groups in total. The smallest absolute Gasteiger partial charge is 0.420 e. The van der Waals surface area contributed by atoms with Crippen LogP contribution < -0.4 is 9.47 Å². The SMILES string of the molecule is CC(=O)Oc1c(-c2cccc(OC(F)(F)F)c2)noc1C. The van der Waals surface area contributed by atoms with Gasteiger partial charge in [0.2, 0.25) is 5.75 Å². The second kappa shape index (κ2) is 5.47. The van der Waals surface area contributed by atoms with Crippen LogP contribution in [0.5, 0.6) is 11.5 Å². The molecule has 2 aromatic rings. The number of esters is 1. The summed E-state index contributed by atoms with van der Waals surface area (Å²) in [6.07, 6.45) is -4.79. The fourth-order valence-electron chi connectivity index (χ4n) is 1.65. The monoisotopic (exact) mass is 301 g/mol. The third-order valence-corrected chi connectivity index (χ3v) is 2.40. The largest absolute Gasteiger partial charge is 0.573 e. The first-order valence-corrected chi connectivity index (χ1v) is 5.77. The maximum atomic E-state index is 12.2. The molecule has 0 spiro atoms. The molecular weight excluding hydrogens is 291 g/mol. The molecule has 1 heterocycles. The number of halogens is 3. The summed E-state index contributed by atoms with van der Waals surface area (Å²) in [6, 6.07) is 5.12. The molecule has 0 amide bonds. The number of rotatable bonds is 3. The number of aromatic nitrogens is 1. The van der Waals surface area contributed by atoms with E-state index in [0.29, 0.717) is 0 Å². The van der Waals surface area contributed by atoms with E-state index in [9.17, 15) is 18.0 Å². The quantitative estimate of drug-likeness (QED) is 0.812. The van der Waals surface area contributed by atoms with Crippen molar-refractivity contribution in [1.29, 1.82) is 0 Å². The minimum absolute atomic E-state index is 0.0617. The second-order valence-corrected chi connectivity index (χ2v) is 4.09. The fraction of sp³-hybridized carbons (Fsp3) is 0.231. The summed E-state index contributed by atoms with van der Waals surface area (Å²) in [4.78, 5) is 11.0. The zero-order chi connectivity index (χ0) is 15.6. The van der Waals surface area contributed by atoms with Crippen LogP contribution in [-0.4, -0.2) is 17.5 Å². The molecule has 0 aliphatic heterocycles. The summed E-state index contributed by atoms with van der Waals surface area (Å²) in [6.45, 7) is 2.71. The lowest BCUT2D eigenvalue weighted by atomic mass is 10.1. The number of ether oxygens (including phenoxy) is 2. The second-order valence-electron chi connectivity index (χ2n) is 4.09. The van der Waals surface area contributed by atoms with Crippen LogP contribution in [0.15, 0.2) is 28.8 Å². The average Bonchev–Trinajstić information content (AvgIpc) is 2.68. The van der Waals surface area contributed by atoms with E-state index in [0.717, 1.165) is 12.1 Å². The van der Waals surface area contributed by atoms with Crippen molar-refractivity contribution in [2.24, 2.45) is 0 Å². The number of carbonyl (C=O) groups is 1. The third kappa shape index (κ3) is 3.74. The van der Waals surface area contributed by atoms with Crippen LogP contribution in [0.1, 0.15) is 12.7 Å². The van der Waals surface area contributed by atoms with Crippen molar-refractivity contribution in [3.05, 3.63) is 30.0 Å². The van der Waals surface area contributed by atoms with Crippen molar-refractivity contribution in [3.8, 4) is 22.8 Å². The molecule has 5 nitrogen and oxygen atoms in total. The molecule has 0 atom stereocenters. The van der Waals surface area contributed by atoms with Gasteiger partial charge in [0.15, 0.2) is 11.5 Å². The average molecular weight is 301 g/mol. The molecule has 8 heteroatoms. The van der Waals surface area contributed by atoms with Crippen molar-refractivity contribution in [1.82, 2.24) is 5.16 Å². The lowest BCUT2D eigenvalue weighted by molar-refractivity contribution is -0.274. The highest BCUT2D eigenvalue weighted by molar-refractivity contribution is 5.75. The first kappa shape index (κ1) is 14.9. The summed E-state index contributed by atoms with van der Waals surface area (Å²) in [5.41, 5.74) is 0.389. The van der Waals surface area contributed by atoms with Crippen LogP contribution in [0.3, 0.4) is 0 Å². The lowest BCUT2D eigenvalue weighted by Crippen LogP contribution is -2.17. The van der Waals surface area contributed by atoms with E-state index in [1.165, 1.54) is 26.0 Å². The lowest BCUT2D eigenvalue weighted by Gasteiger charge is -2.09. The van der Waals surface area contributed by atoms with Gasteiger partial charge in [-0.15, -0.1) is 13.2 Å². The molecule has 0 aliphatic carbocycles. The van der Waals surface area contributed by atoms with Gasteiger partial charge in [-0.3, -0.25) is 4.79 Å². The molecule has 0 aliphatic rings. The van der Waals surface area contributed by atoms with Gasteiger partial charge in [-0.05, 0) is 12.1 Å². The molecule has 0 unspecified atom stereocenters. The van der Waals surface area contributed by atoms with Gasteiger partial charge in [-0.25, -0.2) is 0 Å². The number of benzene rings is 1. The minimum Gasteiger partial charge on any atom is -0.420 e. The first-order valence-electron chi connectivity index (χ1n) is 5.77. The Balaban J connectivity index is 2.39. The zero-order valence-electron chi connectivity index (χ0n) is 11.0. The predicted octanol–water partition coefficient (Wildman–Crippen LogP) is 3.47. The number of aryl methyl sites for hydroxylation is 1. The molecular formula is C13H10F3NO4. The van der Waals surface area contributed by atoms with E-state index >= 15 is 0 Å². The van der Waals surface area contributed by atoms with Crippen LogP contribution in [0.2, 0.25) is 0 Å². The van der Waals surface area contributed by atoms with Crippen molar-refractivity contribution in [2.45, 2.75) is 20.2 Å². The Hall–Kier alpha value is -2.51. The summed E-state index contributed by atoms with van der Waals surface area (Å²) in [5, 5.41) is 3.69. The summed E-state index contributed by atoms with van der Waals surface area (Å²) in [5.74, 6) is -0.700. The summed E-state index contributed by atoms with van der Waals surface area (Å²) in [7, 11) is 0. The van der Waals surface area contributed by atoms with Crippen LogP contribution in [-0.2, 0) is 4.79 Å². The predicted molar refractivity (Wildman–Crippen MR) is 64.7 cm³/mol. The maximum absolute atomic E-state index is 12.2. The topological polar surface area (TPSA) is 61.6 Å². The van der Waals surface area contributed by atoms with E-state index in [1.807, 2.05) is 0 Å². The highest BCUT2D eigenvalue weighted by Crippen LogP contribution is 2.34. The first-order chi connectivity index (χ1) is 9.76. The van der Waals surface area contributed by atoms with Crippen molar-refractivity contribution < 1.29 is 32.0 Å². The van der Waals surface area contributed by atoms with Gasteiger partial charge in [0.25, 0.3) is 0 Å². The van der Waals surface area contributed by atoms with Crippen LogP contribution in [0.4, 0.5) is 13.2 Å². The standard InChI is InChI=1S/C13H10F3NO4/c1-7-12(19-8(2)18)11(17-21-7)9-4-3-5-10(6-9)20-13(14,15)16/h3-6H,1-2H3. The summed E-state index contributed by atoms with van der Waals surface area (Å²) >= 11 is 0. The van der Waals surface area contributed by atoms with E-state index in [1.54, 1.807) is 0 Å². The van der Waals surface area contributed by atoms with Gasteiger partial charge in [-0.2, -0.15) is 0 Å². The molecule has 0 saturated carbocycles. The van der Waals surface area contributed by atoms with Crippen LogP contribution in [0, 0.1) is 6.92 Å². The Labute approximate surface area is 117 Å². The Morgan fingerprint density at radius 1 is 1.33 bits per heavy atom. The third-order valence-electron chi connectivity index (χ3n) is 2.40. The van der Waals surface area contributed by atoms with Crippen LogP contribution >= 0.6 is 0 Å². The van der Waals surface area contributed by atoms with Gasteiger partial charge in [0.05, 0.1) is 0 Å². The number of hydrogen-bond donors (Lipinski definition) is 0. The van der Waals surface area contributed by atoms with E-state index in [2.05, 4.69) is 9.89 Å². The molecule has 1 aromatic carbocycles. The molecule has 0 saturated heterocycles. The fourth-order valence-corrected chi connectivity index (χ4v) is 1.65. The van der Waals surface area contributed by atoms with E-state index < -0.39 is 18.1 Å². The normalized spacial score (nSPS) is 11.3. The van der Waals surface area contributed by atoms with Crippen molar-refractivity contribution >= 4 is 5.97 Å². The van der Waals surface area contributed by atoms with Gasteiger partial charge < -0.3 is 14.0 Å². The molecule has 0 fully saturated rings. The molecule has 2 rings (SSSR count). The van der Waals surface area contributed by atoms with E-state index in [-0.39, 0.29) is 22.8 Å². The Bertz CT molecular complexity index is 664. The minimum atomic E-state index is -4.79. The molecule has 112 valence electrons. The Kier molecular flexibility index (Phi) is 3.88.